The SMILES string of the molecule is Cc1cccc(-c2noc(N)c2-c2ccc(F)cc2Cl)c1. The van der Waals surface area contributed by atoms with Gasteiger partial charge in [-0.2, -0.15) is 0 Å². The minimum atomic E-state index is -0.407. The fourth-order valence-electron chi connectivity index (χ4n) is 2.24. The average molecular weight is 303 g/mol. The molecule has 3 rings (SSSR count). The van der Waals surface area contributed by atoms with E-state index in [1.165, 1.54) is 12.1 Å². The summed E-state index contributed by atoms with van der Waals surface area (Å²) >= 11 is 6.12. The Bertz CT molecular complexity index is 814. The number of halogens is 2. The largest absolute Gasteiger partial charge is 0.367 e. The smallest absolute Gasteiger partial charge is 0.230 e. The summed E-state index contributed by atoms with van der Waals surface area (Å²) in [6, 6.07) is 11.9. The number of benzene rings is 2. The number of nitrogens with two attached hydrogens (primary N) is 1. The fourth-order valence-corrected chi connectivity index (χ4v) is 2.51. The van der Waals surface area contributed by atoms with Crippen LogP contribution >= 0.6 is 11.6 Å². The summed E-state index contributed by atoms with van der Waals surface area (Å²) < 4.78 is 18.3. The number of nitrogen functional groups attached to an aromatic ring is 1. The lowest BCUT2D eigenvalue weighted by atomic mass is 10.00. The van der Waals surface area contributed by atoms with Gasteiger partial charge in [-0.3, -0.25) is 0 Å². The van der Waals surface area contributed by atoms with E-state index in [1.54, 1.807) is 6.07 Å². The van der Waals surface area contributed by atoms with E-state index in [2.05, 4.69) is 5.16 Å². The summed E-state index contributed by atoms with van der Waals surface area (Å²) in [5.41, 5.74) is 9.58. The van der Waals surface area contributed by atoms with Gasteiger partial charge in [0, 0.05) is 11.1 Å². The molecule has 1 heterocycles. The molecular formula is C16H12ClFN2O. The van der Waals surface area contributed by atoms with Crippen LogP contribution in [0, 0.1) is 12.7 Å². The highest BCUT2D eigenvalue weighted by atomic mass is 35.5. The van der Waals surface area contributed by atoms with Gasteiger partial charge in [0.25, 0.3) is 0 Å². The van der Waals surface area contributed by atoms with Crippen molar-refractivity contribution in [2.45, 2.75) is 6.92 Å². The summed E-state index contributed by atoms with van der Waals surface area (Å²) in [4.78, 5) is 0. The first-order chi connectivity index (χ1) is 10.1. The lowest BCUT2D eigenvalue weighted by Crippen LogP contribution is -1.90. The van der Waals surface area contributed by atoms with Crippen molar-refractivity contribution in [2.24, 2.45) is 0 Å². The molecule has 21 heavy (non-hydrogen) atoms. The summed E-state index contributed by atoms with van der Waals surface area (Å²) in [7, 11) is 0. The molecule has 5 heteroatoms. The van der Waals surface area contributed by atoms with Crippen molar-refractivity contribution in [3.8, 4) is 22.4 Å². The molecule has 0 spiro atoms. The van der Waals surface area contributed by atoms with Gasteiger partial charge in [-0.1, -0.05) is 40.5 Å². The van der Waals surface area contributed by atoms with Gasteiger partial charge in [0.05, 0.1) is 10.6 Å². The Balaban J connectivity index is 2.22. The first-order valence-electron chi connectivity index (χ1n) is 6.34. The first-order valence-corrected chi connectivity index (χ1v) is 6.71. The summed E-state index contributed by atoms with van der Waals surface area (Å²) in [6.07, 6.45) is 0. The lowest BCUT2D eigenvalue weighted by Gasteiger charge is -2.06. The highest BCUT2D eigenvalue weighted by Gasteiger charge is 2.19. The van der Waals surface area contributed by atoms with Crippen LogP contribution in [-0.2, 0) is 0 Å². The molecule has 0 aliphatic heterocycles. The van der Waals surface area contributed by atoms with Crippen molar-refractivity contribution in [2.75, 3.05) is 5.73 Å². The number of aryl methyl sites for hydroxylation is 1. The van der Waals surface area contributed by atoms with Gasteiger partial charge in [0.15, 0.2) is 0 Å². The Kier molecular flexibility index (Phi) is 3.39. The van der Waals surface area contributed by atoms with Crippen molar-refractivity contribution in [3.05, 3.63) is 58.9 Å². The summed E-state index contributed by atoms with van der Waals surface area (Å²) in [5, 5.41) is 4.28. The maximum Gasteiger partial charge on any atom is 0.230 e. The molecule has 106 valence electrons. The average Bonchev–Trinajstić information content (AvgIpc) is 2.81. The molecule has 2 N–H and O–H groups in total. The second kappa shape index (κ2) is 5.22. The Morgan fingerprint density at radius 1 is 1.19 bits per heavy atom. The van der Waals surface area contributed by atoms with Crippen LogP contribution in [0.4, 0.5) is 10.3 Å². The molecule has 0 atom stereocenters. The molecule has 3 aromatic rings. The zero-order chi connectivity index (χ0) is 15.0. The monoisotopic (exact) mass is 302 g/mol. The maximum atomic E-state index is 13.2. The van der Waals surface area contributed by atoms with Gasteiger partial charge in [0.1, 0.15) is 11.5 Å². The summed E-state index contributed by atoms with van der Waals surface area (Å²) in [5.74, 6) is -0.254. The van der Waals surface area contributed by atoms with Crippen LogP contribution in [0.15, 0.2) is 47.0 Å². The highest BCUT2D eigenvalue weighted by Crippen LogP contribution is 2.39. The molecule has 0 amide bonds. The van der Waals surface area contributed by atoms with Crippen LogP contribution < -0.4 is 5.73 Å². The van der Waals surface area contributed by atoms with Crippen molar-refractivity contribution in [1.82, 2.24) is 5.16 Å². The predicted molar refractivity (Wildman–Crippen MR) is 81.5 cm³/mol. The first kappa shape index (κ1) is 13.6. The Morgan fingerprint density at radius 2 is 2.00 bits per heavy atom. The van der Waals surface area contributed by atoms with E-state index in [-0.39, 0.29) is 10.9 Å². The Labute approximate surface area is 126 Å². The van der Waals surface area contributed by atoms with E-state index in [0.29, 0.717) is 16.8 Å². The van der Waals surface area contributed by atoms with Gasteiger partial charge < -0.3 is 10.3 Å². The van der Waals surface area contributed by atoms with Crippen LogP contribution in [0.1, 0.15) is 5.56 Å². The van der Waals surface area contributed by atoms with E-state index in [1.807, 2.05) is 31.2 Å². The van der Waals surface area contributed by atoms with Gasteiger partial charge >= 0.3 is 0 Å². The maximum absolute atomic E-state index is 13.2. The number of hydrogen-bond donors (Lipinski definition) is 1. The topological polar surface area (TPSA) is 52.0 Å². The Morgan fingerprint density at radius 3 is 2.71 bits per heavy atom. The molecule has 0 saturated heterocycles. The molecule has 0 unspecified atom stereocenters. The number of hydrogen-bond acceptors (Lipinski definition) is 3. The Hall–Kier alpha value is -2.33. The van der Waals surface area contributed by atoms with Gasteiger partial charge in [-0.15, -0.1) is 0 Å². The number of nitrogens with zero attached hydrogens (tertiary/aromatic N) is 1. The summed E-state index contributed by atoms with van der Waals surface area (Å²) in [6.45, 7) is 1.98. The zero-order valence-corrected chi connectivity index (χ0v) is 12.0. The molecule has 2 aromatic carbocycles. The second-order valence-electron chi connectivity index (χ2n) is 4.76. The second-order valence-corrected chi connectivity index (χ2v) is 5.17. The molecule has 0 aliphatic rings. The van der Waals surface area contributed by atoms with Gasteiger partial charge in [0.2, 0.25) is 5.88 Å². The quantitative estimate of drug-likeness (QED) is 0.747. The molecule has 0 aliphatic carbocycles. The van der Waals surface area contributed by atoms with Crippen LogP contribution in [0.3, 0.4) is 0 Å². The third kappa shape index (κ3) is 2.50. The predicted octanol–water partition coefficient (Wildman–Crippen LogP) is 4.69. The van der Waals surface area contributed by atoms with Crippen molar-refractivity contribution >= 4 is 17.5 Å². The highest BCUT2D eigenvalue weighted by molar-refractivity contribution is 6.33. The van der Waals surface area contributed by atoms with E-state index >= 15 is 0 Å². The van der Waals surface area contributed by atoms with E-state index in [4.69, 9.17) is 21.9 Å². The molecule has 0 saturated carbocycles. The van der Waals surface area contributed by atoms with E-state index in [9.17, 15) is 4.39 Å². The normalized spacial score (nSPS) is 10.8. The third-order valence-electron chi connectivity index (χ3n) is 3.21. The van der Waals surface area contributed by atoms with E-state index in [0.717, 1.165) is 11.1 Å². The lowest BCUT2D eigenvalue weighted by molar-refractivity contribution is 0.439. The molecule has 0 bridgehead atoms. The minimum absolute atomic E-state index is 0.153. The third-order valence-corrected chi connectivity index (χ3v) is 3.52. The number of rotatable bonds is 2. The van der Waals surface area contributed by atoms with Crippen LogP contribution in [-0.4, -0.2) is 5.16 Å². The molecule has 1 aromatic heterocycles. The van der Waals surface area contributed by atoms with Crippen LogP contribution in [0.2, 0.25) is 5.02 Å². The molecule has 0 radical (unpaired) electrons. The van der Waals surface area contributed by atoms with Gasteiger partial charge in [-0.25, -0.2) is 4.39 Å². The zero-order valence-electron chi connectivity index (χ0n) is 11.2. The van der Waals surface area contributed by atoms with Crippen LogP contribution in [0.25, 0.3) is 22.4 Å². The fraction of sp³-hybridized carbons (Fsp3) is 0.0625. The molecule has 3 nitrogen and oxygen atoms in total. The van der Waals surface area contributed by atoms with Crippen molar-refractivity contribution in [1.29, 1.82) is 0 Å². The van der Waals surface area contributed by atoms with Crippen molar-refractivity contribution < 1.29 is 8.91 Å². The molecule has 0 fully saturated rings. The number of anilines is 1. The van der Waals surface area contributed by atoms with Crippen LogP contribution in [0.5, 0.6) is 0 Å². The van der Waals surface area contributed by atoms with Crippen molar-refractivity contribution in [3.63, 3.8) is 0 Å². The molecular weight excluding hydrogens is 291 g/mol. The standard InChI is InChI=1S/C16H12ClFN2O/c1-9-3-2-4-10(7-9)15-14(16(19)21-20-15)12-6-5-11(18)8-13(12)17/h2-8H,19H2,1H3. The minimum Gasteiger partial charge on any atom is -0.367 e. The van der Waals surface area contributed by atoms with E-state index < -0.39 is 5.82 Å². The van der Waals surface area contributed by atoms with Gasteiger partial charge in [-0.05, 0) is 31.2 Å². The number of aromatic nitrogens is 1.